The fraction of sp³-hybridized carbons (Fsp3) is 0. The van der Waals surface area contributed by atoms with Gasteiger partial charge in [-0.25, -0.2) is 0 Å². The molecular formula is H6OP4Zn. The molecule has 0 aliphatic carbocycles. The fourth-order valence-electron chi connectivity index (χ4n) is 0. The van der Waals surface area contributed by atoms with Gasteiger partial charge in [0.05, 0.1) is 0 Å². The summed E-state index contributed by atoms with van der Waals surface area (Å²) in [7, 11) is 7.44. The van der Waals surface area contributed by atoms with Crippen molar-refractivity contribution in [2.45, 2.75) is 0 Å². The Bertz CT molecular complexity index is 15.0. The Morgan fingerprint density at radius 1 is 1.17 bits per heavy atom. The predicted molar refractivity (Wildman–Crippen MR) is 36.7 cm³/mol. The molecule has 4 unspecified atom stereocenters. The molecule has 0 spiro atoms. The molecule has 0 rings (SSSR count). The minimum atomic E-state index is 0.125. The van der Waals surface area contributed by atoms with Crippen LogP contribution < -0.4 is 0 Å². The van der Waals surface area contributed by atoms with Gasteiger partial charge < -0.3 is 0 Å². The Labute approximate surface area is 55.8 Å². The van der Waals surface area contributed by atoms with Gasteiger partial charge in [0.25, 0.3) is 0 Å². The van der Waals surface area contributed by atoms with Crippen LogP contribution in [0.3, 0.4) is 0 Å². The van der Waals surface area contributed by atoms with Gasteiger partial charge in [0.1, 0.15) is 0 Å². The maximum atomic E-state index is 8.38. The molecule has 0 aromatic rings. The SMILES string of the molecule is PPPP.[O]=[Zn]. The molecule has 0 radical (unpaired) electrons. The van der Waals surface area contributed by atoms with Crippen molar-refractivity contribution < 1.29 is 21.8 Å². The molecule has 0 aromatic heterocycles. The molecule has 0 fully saturated rings. The van der Waals surface area contributed by atoms with E-state index in [0.717, 1.165) is 15.9 Å². The van der Waals surface area contributed by atoms with Gasteiger partial charge in [0, 0.05) is 0 Å². The molecule has 1 nitrogen and oxygen atoms in total. The first-order valence-corrected chi connectivity index (χ1v) is 8.95. The molecule has 0 heterocycles. The van der Waals surface area contributed by atoms with E-state index >= 15 is 0 Å². The van der Waals surface area contributed by atoms with Crippen molar-refractivity contribution in [2.75, 3.05) is 0 Å². The third kappa shape index (κ3) is 16.4. The molecule has 0 aliphatic rings. The number of rotatable bonds is 1. The monoisotopic (exact) mass is 210 g/mol. The van der Waals surface area contributed by atoms with E-state index in [9.17, 15) is 0 Å². The van der Waals surface area contributed by atoms with E-state index in [1.165, 1.54) is 0 Å². The average molecular weight is 211 g/mol. The number of hydrogen-bond acceptors (Lipinski definition) is 1. The molecule has 4 atom stereocenters. The van der Waals surface area contributed by atoms with Crippen LogP contribution in [-0.2, 0) is 21.8 Å². The predicted octanol–water partition coefficient (Wildman–Crippen LogP) is 1.72. The van der Waals surface area contributed by atoms with Crippen LogP contribution in [0.4, 0.5) is 0 Å². The Morgan fingerprint density at radius 2 is 1.33 bits per heavy atom. The van der Waals surface area contributed by atoms with Gasteiger partial charge >= 0.3 is 21.8 Å². The summed E-state index contributed by atoms with van der Waals surface area (Å²) in [6.45, 7) is 0. The molecule has 0 amide bonds. The summed E-state index contributed by atoms with van der Waals surface area (Å²) in [6.07, 6.45) is 0. The summed E-state index contributed by atoms with van der Waals surface area (Å²) in [5, 5.41) is 0. The van der Waals surface area contributed by atoms with Crippen molar-refractivity contribution in [3.8, 4) is 0 Å². The zero-order valence-corrected chi connectivity index (χ0v) is 10.5. The van der Waals surface area contributed by atoms with E-state index in [0.29, 0.717) is 0 Å². The zero-order valence-electron chi connectivity index (χ0n) is 3.27. The summed E-state index contributed by atoms with van der Waals surface area (Å²) < 4.78 is 8.38. The topological polar surface area (TPSA) is 17.1 Å². The second kappa shape index (κ2) is 15.7. The Balaban J connectivity index is 0. The van der Waals surface area contributed by atoms with Crippen molar-refractivity contribution in [1.82, 2.24) is 0 Å². The first-order valence-electron chi connectivity index (χ1n) is 1.12. The molecule has 0 saturated heterocycles. The van der Waals surface area contributed by atoms with Crippen LogP contribution in [0.5, 0.6) is 0 Å². The van der Waals surface area contributed by atoms with Crippen molar-refractivity contribution in [3.63, 3.8) is 0 Å². The molecule has 6 heavy (non-hydrogen) atoms. The van der Waals surface area contributed by atoms with Gasteiger partial charge in [-0.1, -0.05) is 15.9 Å². The van der Waals surface area contributed by atoms with Crippen LogP contribution in [0.25, 0.3) is 0 Å². The maximum absolute atomic E-state index is 8.38. The van der Waals surface area contributed by atoms with Crippen molar-refractivity contribution in [3.05, 3.63) is 0 Å². The van der Waals surface area contributed by atoms with E-state index in [1.54, 1.807) is 0 Å². The van der Waals surface area contributed by atoms with E-state index in [-0.39, 0.29) is 18.3 Å². The second-order valence-corrected chi connectivity index (χ2v) is 7.79. The quantitative estimate of drug-likeness (QED) is 0.477. The Kier molecular flexibility index (Phi) is 28.8. The standard InChI is InChI=1S/O.H6P4.Zn/c;1-3-4-2;/h;3-4H,1-2H2;. The zero-order chi connectivity index (χ0) is 5.41. The van der Waals surface area contributed by atoms with Gasteiger partial charge in [0.2, 0.25) is 0 Å². The van der Waals surface area contributed by atoms with Gasteiger partial charge in [-0.15, -0.1) is 17.9 Å². The van der Waals surface area contributed by atoms with Crippen LogP contribution in [0.15, 0.2) is 0 Å². The molecule has 0 bridgehead atoms. The Hall–Kier alpha value is 2.14. The minimum absolute atomic E-state index is 0.125. The summed E-state index contributed by atoms with van der Waals surface area (Å²) in [5.74, 6) is 0. The summed E-state index contributed by atoms with van der Waals surface area (Å²) in [6, 6.07) is 0. The van der Waals surface area contributed by atoms with Crippen LogP contribution in [0.2, 0.25) is 0 Å². The molecule has 0 aliphatic heterocycles. The average Bonchev–Trinajstić information content (AvgIpc) is 1.72. The van der Waals surface area contributed by atoms with Gasteiger partial charge in [0.15, 0.2) is 0 Å². The van der Waals surface area contributed by atoms with E-state index in [1.807, 2.05) is 0 Å². The molecule has 0 N–H and O–H groups in total. The van der Waals surface area contributed by atoms with E-state index in [2.05, 4.69) is 17.9 Å². The van der Waals surface area contributed by atoms with Gasteiger partial charge in [-0.2, -0.15) is 0 Å². The van der Waals surface area contributed by atoms with Crippen LogP contribution in [-0.4, -0.2) is 0 Å². The molecule has 0 saturated carbocycles. The van der Waals surface area contributed by atoms with Crippen molar-refractivity contribution >= 4 is 33.8 Å². The van der Waals surface area contributed by atoms with Crippen LogP contribution >= 0.6 is 33.8 Å². The normalized spacial score (nSPS) is 10.0. The van der Waals surface area contributed by atoms with Crippen LogP contribution in [0.1, 0.15) is 0 Å². The molecule has 6 heteroatoms. The van der Waals surface area contributed by atoms with Crippen LogP contribution in [0, 0.1) is 0 Å². The summed E-state index contributed by atoms with van der Waals surface area (Å²) >= 11 is 0.125. The van der Waals surface area contributed by atoms with Crippen molar-refractivity contribution in [2.24, 2.45) is 0 Å². The molecule has 34 valence electrons. The van der Waals surface area contributed by atoms with Gasteiger partial charge in [-0.3, -0.25) is 0 Å². The fourth-order valence-corrected chi connectivity index (χ4v) is 0. The Morgan fingerprint density at radius 3 is 1.33 bits per heavy atom. The second-order valence-electron chi connectivity index (χ2n) is 0.289. The van der Waals surface area contributed by atoms with Crippen molar-refractivity contribution in [1.29, 1.82) is 0 Å². The third-order valence-electron chi connectivity index (χ3n) is 0.0833. The number of hydrogen-bond donors (Lipinski definition) is 0. The first kappa shape index (κ1) is 11.0. The van der Waals surface area contributed by atoms with Gasteiger partial charge in [-0.05, 0) is 0 Å². The third-order valence-corrected chi connectivity index (χ3v) is 6.75. The molecule has 0 aromatic carbocycles. The molecular weight excluding hydrogens is 205 g/mol. The first-order chi connectivity index (χ1) is 2.91. The summed E-state index contributed by atoms with van der Waals surface area (Å²) in [5.41, 5.74) is 0. The summed E-state index contributed by atoms with van der Waals surface area (Å²) in [4.78, 5) is 0. The van der Waals surface area contributed by atoms with E-state index in [4.69, 9.17) is 3.57 Å². The van der Waals surface area contributed by atoms with E-state index < -0.39 is 0 Å².